The highest BCUT2D eigenvalue weighted by atomic mass is 16.5. The molecule has 1 atom stereocenters. The van der Waals surface area contributed by atoms with Gasteiger partial charge in [0.05, 0.1) is 13.2 Å². The number of aromatic nitrogens is 3. The van der Waals surface area contributed by atoms with Crippen LogP contribution in [0, 0.1) is 6.92 Å². The van der Waals surface area contributed by atoms with Gasteiger partial charge in [0, 0.05) is 31.3 Å². The van der Waals surface area contributed by atoms with Crippen LogP contribution < -0.4 is 15.4 Å². The summed E-state index contributed by atoms with van der Waals surface area (Å²) in [4.78, 5) is 4.73. The molecule has 3 aromatic rings. The Morgan fingerprint density at radius 2 is 2.10 bits per heavy atom. The van der Waals surface area contributed by atoms with Gasteiger partial charge in [-0.05, 0) is 45.4 Å². The van der Waals surface area contributed by atoms with Gasteiger partial charge < -0.3 is 15.4 Å². The topological polar surface area (TPSA) is 75.8 Å². The molecule has 0 aliphatic rings. The average molecular weight is 395 g/mol. The lowest BCUT2D eigenvalue weighted by Gasteiger charge is -2.20. The van der Waals surface area contributed by atoms with Gasteiger partial charge in [0.2, 0.25) is 0 Å². The number of nitrogens with zero attached hydrogens (tertiary/aromatic N) is 4. The summed E-state index contributed by atoms with van der Waals surface area (Å²) in [5.74, 6) is 2.64. The summed E-state index contributed by atoms with van der Waals surface area (Å²) in [7, 11) is 1.70. The van der Waals surface area contributed by atoms with Crippen molar-refractivity contribution in [1.82, 2.24) is 25.2 Å². The zero-order valence-electron chi connectivity index (χ0n) is 17.6. The fourth-order valence-electron chi connectivity index (χ4n) is 3.28. The quantitative estimate of drug-likeness (QED) is 0.348. The predicted octanol–water partition coefficient (Wildman–Crippen LogP) is 3.30. The van der Waals surface area contributed by atoms with Gasteiger partial charge in [-0.15, -0.1) is 10.2 Å². The highest BCUT2D eigenvalue weighted by Gasteiger charge is 2.13. The smallest absolute Gasteiger partial charge is 0.191 e. The van der Waals surface area contributed by atoms with E-state index < -0.39 is 0 Å². The van der Waals surface area contributed by atoms with Crippen LogP contribution in [-0.2, 0) is 6.42 Å². The van der Waals surface area contributed by atoms with E-state index in [-0.39, 0.29) is 6.04 Å². The molecule has 3 rings (SSSR count). The summed E-state index contributed by atoms with van der Waals surface area (Å²) in [6.07, 6.45) is 3.72. The third-order valence-electron chi connectivity index (χ3n) is 4.76. The molecule has 0 saturated heterocycles. The van der Waals surface area contributed by atoms with Crippen molar-refractivity contribution in [3.05, 3.63) is 59.5 Å². The van der Waals surface area contributed by atoms with Crippen LogP contribution in [0.4, 0.5) is 0 Å². The Labute approximate surface area is 172 Å². The fourth-order valence-corrected chi connectivity index (χ4v) is 3.28. The van der Waals surface area contributed by atoms with E-state index in [9.17, 15) is 0 Å². The van der Waals surface area contributed by atoms with Gasteiger partial charge in [0.25, 0.3) is 0 Å². The molecule has 0 saturated carbocycles. The number of guanidine groups is 1. The lowest BCUT2D eigenvalue weighted by atomic mass is 10.0. The van der Waals surface area contributed by atoms with Gasteiger partial charge in [0.15, 0.2) is 11.6 Å². The van der Waals surface area contributed by atoms with Crippen LogP contribution in [0.15, 0.2) is 47.6 Å². The van der Waals surface area contributed by atoms with Gasteiger partial charge in [0.1, 0.15) is 11.6 Å². The van der Waals surface area contributed by atoms with Gasteiger partial charge in [-0.2, -0.15) is 0 Å². The SMILES string of the molecule is CCNC(=NCCCc1nnc2ccccn12)NC(C)c1cc(C)ccc1OC. The van der Waals surface area contributed by atoms with Crippen molar-refractivity contribution in [2.45, 2.75) is 39.7 Å². The van der Waals surface area contributed by atoms with Crippen molar-refractivity contribution in [1.29, 1.82) is 0 Å². The molecule has 7 heteroatoms. The summed E-state index contributed by atoms with van der Waals surface area (Å²) in [6.45, 7) is 7.78. The highest BCUT2D eigenvalue weighted by Crippen LogP contribution is 2.25. The summed E-state index contributed by atoms with van der Waals surface area (Å²) >= 11 is 0. The third kappa shape index (κ3) is 5.25. The van der Waals surface area contributed by atoms with Crippen LogP contribution in [0.1, 0.15) is 43.3 Å². The van der Waals surface area contributed by atoms with Gasteiger partial charge >= 0.3 is 0 Å². The maximum Gasteiger partial charge on any atom is 0.191 e. The number of hydrogen-bond donors (Lipinski definition) is 2. The van der Waals surface area contributed by atoms with Crippen molar-refractivity contribution in [3.8, 4) is 5.75 Å². The number of ether oxygens (including phenoxy) is 1. The number of fused-ring (bicyclic) bond motifs is 1. The molecule has 0 aliphatic carbocycles. The van der Waals surface area contributed by atoms with E-state index in [0.29, 0.717) is 6.54 Å². The maximum atomic E-state index is 5.52. The van der Waals surface area contributed by atoms with Gasteiger partial charge in [-0.3, -0.25) is 9.39 Å². The number of methoxy groups -OCH3 is 1. The van der Waals surface area contributed by atoms with E-state index in [2.05, 4.69) is 53.7 Å². The molecular weight excluding hydrogens is 364 g/mol. The number of rotatable bonds is 8. The van der Waals surface area contributed by atoms with Crippen LogP contribution in [0.3, 0.4) is 0 Å². The molecule has 0 fully saturated rings. The normalized spacial score (nSPS) is 12.8. The molecule has 0 aliphatic heterocycles. The second-order valence-electron chi connectivity index (χ2n) is 7.02. The molecule has 2 aromatic heterocycles. The lowest BCUT2D eigenvalue weighted by Crippen LogP contribution is -2.39. The maximum absolute atomic E-state index is 5.52. The van der Waals surface area contributed by atoms with Crippen molar-refractivity contribution < 1.29 is 4.74 Å². The lowest BCUT2D eigenvalue weighted by molar-refractivity contribution is 0.405. The molecule has 0 amide bonds. The number of aliphatic imine (C=N–C) groups is 1. The van der Waals surface area contributed by atoms with Crippen LogP contribution in [0.25, 0.3) is 5.65 Å². The van der Waals surface area contributed by atoms with E-state index in [1.165, 1.54) is 5.56 Å². The summed E-state index contributed by atoms with van der Waals surface area (Å²) < 4.78 is 7.55. The zero-order valence-corrected chi connectivity index (χ0v) is 17.6. The minimum Gasteiger partial charge on any atom is -0.496 e. The Balaban J connectivity index is 1.61. The molecule has 0 spiro atoms. The average Bonchev–Trinajstić information content (AvgIpc) is 3.14. The Morgan fingerprint density at radius 1 is 1.24 bits per heavy atom. The number of aryl methyl sites for hydroxylation is 2. The first-order chi connectivity index (χ1) is 14.1. The number of nitrogens with one attached hydrogen (secondary N) is 2. The van der Waals surface area contributed by atoms with E-state index in [4.69, 9.17) is 9.73 Å². The first-order valence-electron chi connectivity index (χ1n) is 10.1. The van der Waals surface area contributed by atoms with Crippen molar-refractivity contribution in [3.63, 3.8) is 0 Å². The second-order valence-corrected chi connectivity index (χ2v) is 7.02. The number of hydrogen-bond acceptors (Lipinski definition) is 4. The molecule has 1 unspecified atom stereocenters. The van der Waals surface area contributed by atoms with E-state index in [1.807, 2.05) is 34.9 Å². The predicted molar refractivity (Wildman–Crippen MR) is 117 cm³/mol. The van der Waals surface area contributed by atoms with E-state index in [1.54, 1.807) is 7.11 Å². The fraction of sp³-hybridized carbons (Fsp3) is 0.409. The summed E-state index contributed by atoms with van der Waals surface area (Å²) in [6, 6.07) is 12.2. The zero-order chi connectivity index (χ0) is 20.6. The minimum absolute atomic E-state index is 0.0723. The molecule has 2 N–H and O–H groups in total. The van der Waals surface area contributed by atoms with Crippen LogP contribution in [-0.4, -0.2) is 40.8 Å². The molecule has 154 valence electrons. The van der Waals surface area contributed by atoms with Gasteiger partial charge in [-0.25, -0.2) is 0 Å². The monoisotopic (exact) mass is 394 g/mol. The molecular formula is C22H30N6O. The summed E-state index contributed by atoms with van der Waals surface area (Å²) in [5, 5.41) is 15.3. The van der Waals surface area contributed by atoms with Crippen molar-refractivity contribution in [2.24, 2.45) is 4.99 Å². The van der Waals surface area contributed by atoms with Crippen LogP contribution in [0.2, 0.25) is 0 Å². The molecule has 29 heavy (non-hydrogen) atoms. The third-order valence-corrected chi connectivity index (χ3v) is 4.76. The standard InChI is InChI=1S/C22H30N6O/c1-5-23-22(25-17(3)18-15-16(2)11-12-19(18)29-4)24-13-8-10-21-27-26-20-9-6-7-14-28(20)21/h6-7,9,11-12,14-15,17H,5,8,10,13H2,1-4H3,(H2,23,24,25). The van der Waals surface area contributed by atoms with E-state index >= 15 is 0 Å². The molecule has 0 bridgehead atoms. The molecule has 7 nitrogen and oxygen atoms in total. The van der Waals surface area contributed by atoms with E-state index in [0.717, 1.165) is 48.1 Å². The molecule has 0 radical (unpaired) electrons. The minimum atomic E-state index is 0.0723. The van der Waals surface area contributed by atoms with Crippen LogP contribution in [0.5, 0.6) is 5.75 Å². The number of pyridine rings is 1. The first-order valence-corrected chi connectivity index (χ1v) is 10.1. The van der Waals surface area contributed by atoms with Gasteiger partial charge in [-0.1, -0.05) is 23.8 Å². The molecule has 2 heterocycles. The summed E-state index contributed by atoms with van der Waals surface area (Å²) in [5.41, 5.74) is 3.20. The molecule has 1 aromatic carbocycles. The Kier molecular flexibility index (Phi) is 7.05. The largest absolute Gasteiger partial charge is 0.496 e. The first kappa shape index (κ1) is 20.6. The van der Waals surface area contributed by atoms with Crippen LogP contribution >= 0.6 is 0 Å². The Morgan fingerprint density at radius 3 is 2.90 bits per heavy atom. The Bertz CT molecular complexity index is 965. The number of benzene rings is 1. The van der Waals surface area contributed by atoms with Crippen molar-refractivity contribution >= 4 is 11.6 Å². The van der Waals surface area contributed by atoms with Crippen molar-refractivity contribution in [2.75, 3.05) is 20.2 Å². The Hall–Kier alpha value is -3.09. The highest BCUT2D eigenvalue weighted by molar-refractivity contribution is 5.80. The second kappa shape index (κ2) is 9.91.